The lowest BCUT2D eigenvalue weighted by atomic mass is 9.51. The Morgan fingerprint density at radius 1 is 0.892 bits per heavy atom. The van der Waals surface area contributed by atoms with Crippen molar-refractivity contribution in [2.45, 2.75) is 32.6 Å². The number of azo groups is 1. The first-order valence-electron chi connectivity index (χ1n) is 21.6. The molecule has 4 amide bonds. The van der Waals surface area contributed by atoms with Crippen LogP contribution in [0.25, 0.3) is 20.7 Å². The first-order chi connectivity index (χ1) is 31.3. The highest BCUT2D eigenvalue weighted by Crippen LogP contribution is 2.64. The number of thiophene rings is 1. The summed E-state index contributed by atoms with van der Waals surface area (Å²) >= 11 is 7.92. The van der Waals surface area contributed by atoms with Crippen LogP contribution in [0.2, 0.25) is 5.02 Å². The molecular weight excluding hydrogens is 862 g/mol. The second kappa shape index (κ2) is 16.2. The Hall–Kier alpha value is -6.48. The molecule has 2 saturated heterocycles. The minimum Gasteiger partial charge on any atom is -0.491 e. The second-order valence-corrected chi connectivity index (χ2v) is 19.1. The van der Waals surface area contributed by atoms with Crippen molar-refractivity contribution in [2.75, 3.05) is 42.0 Å². The fourth-order valence-electron chi connectivity index (χ4n) is 10.7. The average molecular weight is 908 g/mol. The molecule has 0 bridgehead atoms. The fourth-order valence-corrected chi connectivity index (χ4v) is 12.0. The molecule has 6 aromatic rings. The van der Waals surface area contributed by atoms with Crippen LogP contribution in [0, 0.1) is 36.0 Å². The Labute approximate surface area is 384 Å². The van der Waals surface area contributed by atoms with Crippen LogP contribution in [0.1, 0.15) is 36.8 Å². The highest BCUT2D eigenvalue weighted by molar-refractivity contribution is 7.22. The quantitative estimate of drug-likeness (QED) is 0.0812. The van der Waals surface area contributed by atoms with E-state index in [1.54, 1.807) is 59.5 Å². The van der Waals surface area contributed by atoms with Gasteiger partial charge in [-0.2, -0.15) is 15.3 Å². The Kier molecular flexibility index (Phi) is 10.6. The number of aromatic nitrogens is 2. The van der Waals surface area contributed by atoms with Crippen LogP contribution in [0.4, 0.5) is 28.6 Å². The number of hydrogen-bond donors (Lipinski definition) is 1. The molecule has 15 heteroatoms. The van der Waals surface area contributed by atoms with E-state index in [0.29, 0.717) is 44.9 Å². The van der Waals surface area contributed by atoms with E-state index in [9.17, 15) is 14.7 Å². The number of fused-ring (bicyclic) bond motifs is 5. The van der Waals surface area contributed by atoms with Crippen molar-refractivity contribution in [1.29, 1.82) is 0 Å². The Morgan fingerprint density at radius 2 is 1.60 bits per heavy atom. The summed E-state index contributed by atoms with van der Waals surface area (Å²) in [5, 5.41) is 25.0. The maximum Gasteiger partial charge on any atom is 0.242 e. The van der Waals surface area contributed by atoms with Crippen LogP contribution in [0.15, 0.2) is 119 Å². The minimum absolute atomic E-state index is 0.0170. The number of benzene rings is 4. The molecule has 1 saturated carbocycles. The van der Waals surface area contributed by atoms with Gasteiger partial charge < -0.3 is 14.7 Å². The van der Waals surface area contributed by atoms with E-state index in [1.807, 2.05) is 99.6 Å². The predicted octanol–water partition coefficient (Wildman–Crippen LogP) is 9.55. The number of halogens is 1. The monoisotopic (exact) mass is 907 g/mol. The maximum absolute atomic E-state index is 15.4. The van der Waals surface area contributed by atoms with Gasteiger partial charge in [0, 0.05) is 54.1 Å². The average Bonchev–Trinajstić information content (AvgIpc) is 3.98. The molecule has 2 aliphatic heterocycles. The summed E-state index contributed by atoms with van der Waals surface area (Å²) in [4.78, 5) is 65.1. The highest BCUT2D eigenvalue weighted by atomic mass is 35.5. The number of para-hydroxylation sites is 1. The number of aliphatic hydroxyl groups is 1. The molecule has 10 rings (SSSR count). The summed E-state index contributed by atoms with van der Waals surface area (Å²) < 4.78 is 8.73. The summed E-state index contributed by atoms with van der Waals surface area (Å²) in [5.74, 6) is -4.15. The van der Waals surface area contributed by atoms with Gasteiger partial charge in [-0.3, -0.25) is 28.8 Å². The number of anilines is 3. The molecule has 4 heterocycles. The third-order valence-electron chi connectivity index (χ3n) is 13.8. The third-order valence-corrected chi connectivity index (χ3v) is 15.4. The number of aryl methyl sites for hydroxylation is 2. The van der Waals surface area contributed by atoms with E-state index in [2.05, 4.69) is 10.2 Å². The molecule has 2 aliphatic carbocycles. The summed E-state index contributed by atoms with van der Waals surface area (Å²) in [6.45, 7) is 3.64. The fraction of sp³-hybridized carbons (Fsp3) is 0.300. The number of rotatable bonds is 10. The summed E-state index contributed by atoms with van der Waals surface area (Å²) in [7, 11) is 5.66. The number of carbonyl (C=O) groups is 4. The van der Waals surface area contributed by atoms with Gasteiger partial charge >= 0.3 is 0 Å². The number of hydrogen-bond acceptors (Lipinski definition) is 11. The van der Waals surface area contributed by atoms with Gasteiger partial charge in [0.15, 0.2) is 0 Å². The molecule has 6 unspecified atom stereocenters. The minimum atomic E-state index is -1.32. The molecule has 4 aromatic carbocycles. The lowest BCUT2D eigenvalue weighted by molar-refractivity contribution is -0.131. The maximum atomic E-state index is 15.4. The molecular formula is C50H46ClN7O6S. The van der Waals surface area contributed by atoms with Crippen LogP contribution in [0.5, 0.6) is 5.75 Å². The van der Waals surface area contributed by atoms with Crippen molar-refractivity contribution in [3.8, 4) is 16.3 Å². The number of amides is 4. The van der Waals surface area contributed by atoms with Gasteiger partial charge in [0.05, 0.1) is 51.7 Å². The van der Waals surface area contributed by atoms with Crippen molar-refractivity contribution in [2.24, 2.45) is 46.4 Å². The van der Waals surface area contributed by atoms with Crippen molar-refractivity contribution >= 4 is 85.2 Å². The lowest BCUT2D eigenvalue weighted by Crippen LogP contribution is -2.49. The number of carbonyl (C=O) groups excluding carboxylic acids is 4. The number of allylic oxidation sites excluding steroid dienone is 2. The van der Waals surface area contributed by atoms with E-state index in [0.717, 1.165) is 31.8 Å². The Balaban J connectivity index is 1.00. The predicted molar refractivity (Wildman–Crippen MR) is 251 cm³/mol. The zero-order chi connectivity index (χ0) is 45.5. The lowest BCUT2D eigenvalue weighted by Gasteiger charge is -2.49. The van der Waals surface area contributed by atoms with E-state index < -0.39 is 35.0 Å². The molecule has 65 heavy (non-hydrogen) atoms. The summed E-state index contributed by atoms with van der Waals surface area (Å²) in [6.07, 6.45) is 2.48. The number of nitrogens with zero attached hydrogens (tertiary/aromatic N) is 7. The SMILES string of the molecule is Cc1c(-c2cc(N3C(=O)C4CC5C(=CCC6C(=O)N(c7ccc(N=Nc8ccc(N(C)C)cc8)cc7)C(=O)C65)C(c5ccccc5OCCO)C4(C)C3=O)n(C)n2)sc2ccc(Cl)cc12. The molecule has 3 fully saturated rings. The third kappa shape index (κ3) is 6.80. The highest BCUT2D eigenvalue weighted by Gasteiger charge is 2.68. The van der Waals surface area contributed by atoms with Crippen LogP contribution in [-0.2, 0) is 26.2 Å². The molecule has 2 aromatic heterocycles. The van der Waals surface area contributed by atoms with Crippen LogP contribution < -0.4 is 19.4 Å². The van der Waals surface area contributed by atoms with E-state index in [4.69, 9.17) is 21.4 Å². The van der Waals surface area contributed by atoms with E-state index in [-0.39, 0.29) is 49.7 Å². The van der Waals surface area contributed by atoms with Crippen molar-refractivity contribution in [3.63, 3.8) is 0 Å². The van der Waals surface area contributed by atoms with Crippen LogP contribution in [-0.4, -0.2) is 65.8 Å². The normalized spacial score (nSPS) is 23.9. The topological polar surface area (TPSA) is 150 Å². The first-order valence-corrected chi connectivity index (χ1v) is 22.8. The molecule has 13 nitrogen and oxygen atoms in total. The van der Waals surface area contributed by atoms with Crippen molar-refractivity contribution < 1.29 is 29.0 Å². The number of imide groups is 2. The second-order valence-electron chi connectivity index (χ2n) is 17.6. The van der Waals surface area contributed by atoms with Gasteiger partial charge in [0.25, 0.3) is 0 Å². The largest absolute Gasteiger partial charge is 0.491 e. The zero-order valence-corrected chi connectivity index (χ0v) is 38.0. The Morgan fingerprint density at radius 3 is 2.31 bits per heavy atom. The molecule has 1 N–H and O–H groups in total. The number of aliphatic hydroxyl groups excluding tert-OH is 1. The van der Waals surface area contributed by atoms with Gasteiger partial charge in [-0.1, -0.05) is 41.4 Å². The molecule has 330 valence electrons. The van der Waals surface area contributed by atoms with E-state index in [1.165, 1.54) is 9.80 Å². The molecule has 4 aliphatic rings. The van der Waals surface area contributed by atoms with Gasteiger partial charge in [-0.25, -0.2) is 4.90 Å². The Bertz CT molecular complexity index is 3000. The van der Waals surface area contributed by atoms with Crippen molar-refractivity contribution in [3.05, 3.63) is 125 Å². The van der Waals surface area contributed by atoms with E-state index >= 15 is 9.59 Å². The van der Waals surface area contributed by atoms with Crippen LogP contribution in [0.3, 0.4) is 0 Å². The van der Waals surface area contributed by atoms with Crippen molar-refractivity contribution in [1.82, 2.24) is 9.78 Å². The first kappa shape index (κ1) is 42.5. The van der Waals surface area contributed by atoms with Crippen LogP contribution >= 0.6 is 22.9 Å². The standard InChI is InChI=1S/C50H46ClN7O6S/c1-27-36-24-28(51)10-21-41(36)65-45(27)39-26-42(56(5)54-39)58-47(61)38-25-37-33(44(50(38,2)49(58)63)34-8-6-7-9-40(34)64-23-22-59)19-20-35-43(37)48(62)57(46(35)60)32-17-13-30(14-18-32)53-52-29-11-15-31(16-12-29)55(3)4/h6-19,21,24,26,35,37-38,43-44,59H,20,22-23,25H2,1-5H3. The van der Waals surface area contributed by atoms with Gasteiger partial charge in [0.1, 0.15) is 23.9 Å². The van der Waals surface area contributed by atoms with Gasteiger partial charge in [0.2, 0.25) is 23.6 Å². The summed E-state index contributed by atoms with van der Waals surface area (Å²) in [5.41, 5.74) is 4.51. The van der Waals surface area contributed by atoms with Gasteiger partial charge in [-0.05, 0) is 116 Å². The molecule has 0 spiro atoms. The van der Waals surface area contributed by atoms with Gasteiger partial charge in [-0.15, -0.1) is 11.3 Å². The smallest absolute Gasteiger partial charge is 0.242 e. The summed E-state index contributed by atoms with van der Waals surface area (Å²) in [6, 6.07) is 29.4. The number of ether oxygens (including phenoxy) is 1. The molecule has 6 atom stereocenters. The zero-order valence-electron chi connectivity index (χ0n) is 36.4. The molecule has 0 radical (unpaired) electrons.